The fourth-order valence-corrected chi connectivity index (χ4v) is 4.30. The molecule has 0 N–H and O–H groups in total. The minimum Gasteiger partial charge on any atom is -0.382 e. The Kier molecular flexibility index (Phi) is 9.03. The van der Waals surface area contributed by atoms with Crippen molar-refractivity contribution >= 4 is 21.7 Å². The SMILES string of the molecule is CCN(CC)c1ccc(CN(Cc2ccc(F)cc2)C(=O)c2cccc(F)c2)c(OS(=O)(=O)CC)c1. The van der Waals surface area contributed by atoms with Crippen LogP contribution in [0.1, 0.15) is 42.3 Å². The summed E-state index contributed by atoms with van der Waals surface area (Å²) in [6.07, 6.45) is 0. The molecule has 36 heavy (non-hydrogen) atoms. The maximum Gasteiger partial charge on any atom is 0.308 e. The van der Waals surface area contributed by atoms with E-state index >= 15 is 0 Å². The van der Waals surface area contributed by atoms with Crippen LogP contribution in [0.5, 0.6) is 5.75 Å². The molecule has 0 saturated carbocycles. The van der Waals surface area contributed by atoms with Gasteiger partial charge in [0.2, 0.25) is 0 Å². The van der Waals surface area contributed by atoms with Crippen LogP contribution in [0.3, 0.4) is 0 Å². The Morgan fingerprint density at radius 1 is 0.861 bits per heavy atom. The Hall–Kier alpha value is -3.46. The molecule has 0 aliphatic heterocycles. The summed E-state index contributed by atoms with van der Waals surface area (Å²) >= 11 is 0. The van der Waals surface area contributed by atoms with Crippen molar-refractivity contribution < 1.29 is 26.2 Å². The zero-order valence-electron chi connectivity index (χ0n) is 20.6. The number of hydrogen-bond donors (Lipinski definition) is 0. The lowest BCUT2D eigenvalue weighted by Gasteiger charge is -2.26. The second-order valence-corrected chi connectivity index (χ2v) is 10.1. The molecule has 0 heterocycles. The number of anilines is 1. The van der Waals surface area contributed by atoms with Gasteiger partial charge in [-0.15, -0.1) is 0 Å². The van der Waals surface area contributed by atoms with E-state index in [9.17, 15) is 22.0 Å². The molecule has 3 aromatic rings. The molecule has 192 valence electrons. The molecule has 0 aliphatic rings. The molecule has 0 atom stereocenters. The van der Waals surface area contributed by atoms with E-state index in [0.717, 1.165) is 11.8 Å². The Labute approximate surface area is 211 Å². The number of carbonyl (C=O) groups is 1. The first kappa shape index (κ1) is 27.1. The van der Waals surface area contributed by atoms with Gasteiger partial charge < -0.3 is 14.0 Å². The van der Waals surface area contributed by atoms with Crippen molar-refractivity contribution in [1.29, 1.82) is 0 Å². The number of carbonyl (C=O) groups excluding carboxylic acids is 1. The van der Waals surface area contributed by atoms with Crippen molar-refractivity contribution in [3.63, 3.8) is 0 Å². The quantitative estimate of drug-likeness (QED) is 0.320. The maximum absolute atomic E-state index is 13.9. The summed E-state index contributed by atoms with van der Waals surface area (Å²) in [5.41, 5.74) is 2.05. The van der Waals surface area contributed by atoms with E-state index in [1.807, 2.05) is 24.8 Å². The minimum absolute atomic E-state index is 0.0141. The van der Waals surface area contributed by atoms with Gasteiger partial charge in [0.05, 0.1) is 12.3 Å². The van der Waals surface area contributed by atoms with E-state index < -0.39 is 27.7 Å². The van der Waals surface area contributed by atoms with Crippen molar-refractivity contribution in [2.45, 2.75) is 33.9 Å². The highest BCUT2D eigenvalue weighted by molar-refractivity contribution is 7.87. The average molecular weight is 517 g/mol. The van der Waals surface area contributed by atoms with Crippen molar-refractivity contribution in [1.82, 2.24) is 4.90 Å². The van der Waals surface area contributed by atoms with Gasteiger partial charge in [0.1, 0.15) is 17.4 Å². The van der Waals surface area contributed by atoms with Crippen molar-refractivity contribution in [2.24, 2.45) is 0 Å². The Morgan fingerprint density at radius 3 is 2.17 bits per heavy atom. The zero-order chi connectivity index (χ0) is 26.3. The van der Waals surface area contributed by atoms with Crippen LogP contribution in [-0.4, -0.2) is 38.1 Å². The molecule has 0 unspecified atom stereocenters. The van der Waals surface area contributed by atoms with Gasteiger partial charge in [0.15, 0.2) is 0 Å². The van der Waals surface area contributed by atoms with E-state index in [1.165, 1.54) is 42.2 Å². The summed E-state index contributed by atoms with van der Waals surface area (Å²) < 4.78 is 57.4. The number of benzene rings is 3. The summed E-state index contributed by atoms with van der Waals surface area (Å²) in [6.45, 7) is 6.96. The van der Waals surface area contributed by atoms with Crippen LogP contribution >= 0.6 is 0 Å². The highest BCUT2D eigenvalue weighted by Gasteiger charge is 2.22. The van der Waals surface area contributed by atoms with Crippen LogP contribution in [-0.2, 0) is 23.2 Å². The highest BCUT2D eigenvalue weighted by atomic mass is 32.2. The standard InChI is InChI=1S/C27H30F2N2O4S/c1-4-30(5-2)25-15-12-22(26(17-25)35-36(33,34)6-3)19-31(18-20-10-13-23(28)14-11-20)27(32)21-8-7-9-24(29)16-21/h7-17H,4-6,18-19H2,1-3H3. The summed E-state index contributed by atoms with van der Waals surface area (Å²) in [5, 5.41) is 0. The van der Waals surface area contributed by atoms with Crippen molar-refractivity contribution in [3.8, 4) is 5.75 Å². The summed E-state index contributed by atoms with van der Waals surface area (Å²) in [6, 6.07) is 16.3. The molecular weight excluding hydrogens is 486 g/mol. The molecule has 0 fully saturated rings. The van der Waals surface area contributed by atoms with E-state index in [1.54, 1.807) is 24.3 Å². The first-order valence-electron chi connectivity index (χ1n) is 11.7. The molecular formula is C27H30F2N2O4S. The molecule has 1 amide bonds. The fourth-order valence-electron chi connectivity index (χ4n) is 3.75. The zero-order valence-corrected chi connectivity index (χ0v) is 21.4. The monoisotopic (exact) mass is 516 g/mol. The third-order valence-corrected chi connectivity index (χ3v) is 6.90. The van der Waals surface area contributed by atoms with E-state index in [-0.39, 0.29) is 30.2 Å². The lowest BCUT2D eigenvalue weighted by molar-refractivity contribution is 0.0729. The van der Waals surface area contributed by atoms with Gasteiger partial charge in [0.25, 0.3) is 5.91 Å². The van der Waals surface area contributed by atoms with Crippen LogP contribution in [0.15, 0.2) is 66.7 Å². The van der Waals surface area contributed by atoms with E-state index in [0.29, 0.717) is 24.2 Å². The Bertz CT molecular complexity index is 1290. The Morgan fingerprint density at radius 2 is 1.56 bits per heavy atom. The molecule has 0 bridgehead atoms. The molecule has 3 aromatic carbocycles. The minimum atomic E-state index is -3.84. The average Bonchev–Trinajstić information content (AvgIpc) is 2.86. The fraction of sp³-hybridized carbons (Fsp3) is 0.296. The molecule has 0 aromatic heterocycles. The lowest BCUT2D eigenvalue weighted by Crippen LogP contribution is -2.30. The molecule has 0 saturated heterocycles. The lowest BCUT2D eigenvalue weighted by atomic mass is 10.1. The maximum atomic E-state index is 13.9. The number of amides is 1. The van der Waals surface area contributed by atoms with Crippen LogP contribution in [0, 0.1) is 11.6 Å². The van der Waals surface area contributed by atoms with Gasteiger partial charge in [-0.2, -0.15) is 8.42 Å². The van der Waals surface area contributed by atoms with Gasteiger partial charge in [-0.3, -0.25) is 4.79 Å². The third-order valence-electron chi connectivity index (χ3n) is 5.76. The predicted molar refractivity (Wildman–Crippen MR) is 136 cm³/mol. The first-order valence-corrected chi connectivity index (χ1v) is 13.3. The second-order valence-electron chi connectivity index (χ2n) is 8.19. The van der Waals surface area contributed by atoms with Gasteiger partial charge in [-0.1, -0.05) is 24.3 Å². The summed E-state index contributed by atoms with van der Waals surface area (Å²) in [7, 11) is -3.84. The topological polar surface area (TPSA) is 66.9 Å². The van der Waals surface area contributed by atoms with E-state index in [2.05, 4.69) is 0 Å². The van der Waals surface area contributed by atoms with Crippen molar-refractivity contribution in [3.05, 3.63) is 95.1 Å². The number of rotatable bonds is 11. The Balaban J connectivity index is 2.04. The molecule has 6 nitrogen and oxygen atoms in total. The van der Waals surface area contributed by atoms with E-state index in [4.69, 9.17) is 4.18 Å². The van der Waals surface area contributed by atoms with Crippen molar-refractivity contribution in [2.75, 3.05) is 23.7 Å². The summed E-state index contributed by atoms with van der Waals surface area (Å²) in [4.78, 5) is 16.9. The summed E-state index contributed by atoms with van der Waals surface area (Å²) in [5.74, 6) is -1.52. The molecule has 9 heteroatoms. The van der Waals surface area contributed by atoms with Crippen LogP contribution in [0.25, 0.3) is 0 Å². The number of halogens is 2. The van der Waals surface area contributed by atoms with Crippen LogP contribution in [0.2, 0.25) is 0 Å². The van der Waals surface area contributed by atoms with Gasteiger partial charge in [0, 0.05) is 42.5 Å². The van der Waals surface area contributed by atoms with Gasteiger partial charge in [-0.25, -0.2) is 8.78 Å². The van der Waals surface area contributed by atoms with Gasteiger partial charge in [-0.05, 0) is 62.7 Å². The highest BCUT2D eigenvalue weighted by Crippen LogP contribution is 2.29. The number of nitrogens with zero attached hydrogens (tertiary/aromatic N) is 2. The smallest absolute Gasteiger partial charge is 0.308 e. The molecule has 3 rings (SSSR count). The van der Waals surface area contributed by atoms with Gasteiger partial charge >= 0.3 is 10.1 Å². The normalized spacial score (nSPS) is 11.2. The largest absolute Gasteiger partial charge is 0.382 e. The van der Waals surface area contributed by atoms with Crippen LogP contribution < -0.4 is 9.08 Å². The first-order chi connectivity index (χ1) is 17.2. The third kappa shape index (κ3) is 7.04. The number of hydrogen-bond acceptors (Lipinski definition) is 5. The van der Waals surface area contributed by atoms with Crippen LogP contribution in [0.4, 0.5) is 14.5 Å². The molecule has 0 spiro atoms. The molecule has 0 radical (unpaired) electrons. The second kappa shape index (κ2) is 12.0. The molecule has 0 aliphatic carbocycles. The predicted octanol–water partition coefficient (Wildman–Crippen LogP) is 5.38.